The smallest absolute Gasteiger partial charge is 0.126 e. The SMILES string of the molecule is CC(C)(C)c1ccc(-c2cccc(-c3cc(C(C)(C)C)cc4sc(-c5ccccc5N=Cc5cccc6ccccc56)nc34)c2)cc1. The highest BCUT2D eigenvalue weighted by Crippen LogP contribution is 2.42. The second-order valence-electron chi connectivity index (χ2n) is 14.4. The molecule has 7 aromatic rings. The summed E-state index contributed by atoms with van der Waals surface area (Å²) >= 11 is 1.75. The van der Waals surface area contributed by atoms with E-state index in [9.17, 15) is 0 Å². The summed E-state index contributed by atoms with van der Waals surface area (Å²) in [4.78, 5) is 10.4. The molecule has 0 saturated heterocycles. The molecule has 0 bridgehead atoms. The minimum absolute atomic E-state index is 0.00581. The summed E-state index contributed by atoms with van der Waals surface area (Å²) in [5.41, 5.74) is 11.6. The third kappa shape index (κ3) is 6.28. The second-order valence-corrected chi connectivity index (χ2v) is 15.4. The molecular formula is C44H40N2S. The van der Waals surface area contributed by atoms with Gasteiger partial charge in [-0.1, -0.05) is 139 Å². The molecule has 0 saturated carbocycles. The Hall–Kier alpha value is -4.86. The predicted molar refractivity (Wildman–Crippen MR) is 205 cm³/mol. The summed E-state index contributed by atoms with van der Waals surface area (Å²) < 4.78 is 1.19. The van der Waals surface area contributed by atoms with E-state index < -0.39 is 0 Å². The molecule has 2 nitrogen and oxygen atoms in total. The van der Waals surface area contributed by atoms with Gasteiger partial charge < -0.3 is 0 Å². The van der Waals surface area contributed by atoms with Crippen LogP contribution in [0.3, 0.4) is 0 Å². The molecule has 1 heterocycles. The average Bonchev–Trinajstić information content (AvgIpc) is 3.51. The third-order valence-corrected chi connectivity index (χ3v) is 9.95. The van der Waals surface area contributed by atoms with Crippen LogP contribution in [0.5, 0.6) is 0 Å². The molecule has 0 fully saturated rings. The van der Waals surface area contributed by atoms with Gasteiger partial charge in [0.15, 0.2) is 0 Å². The van der Waals surface area contributed by atoms with Crippen molar-refractivity contribution in [1.29, 1.82) is 0 Å². The molecule has 0 amide bonds. The number of benzene rings is 6. The largest absolute Gasteiger partial charge is 0.256 e. The van der Waals surface area contributed by atoms with Crippen molar-refractivity contribution in [3.8, 4) is 32.8 Å². The van der Waals surface area contributed by atoms with Crippen molar-refractivity contribution >= 4 is 44.2 Å². The number of hydrogen-bond donors (Lipinski definition) is 0. The van der Waals surface area contributed by atoms with Crippen molar-refractivity contribution in [2.75, 3.05) is 0 Å². The van der Waals surface area contributed by atoms with Crippen LogP contribution in [-0.2, 0) is 10.8 Å². The molecule has 0 spiro atoms. The van der Waals surface area contributed by atoms with E-state index in [-0.39, 0.29) is 10.8 Å². The Kier molecular flexibility index (Phi) is 7.90. The van der Waals surface area contributed by atoms with Gasteiger partial charge in [-0.05, 0) is 79.8 Å². The van der Waals surface area contributed by atoms with Gasteiger partial charge in [0.2, 0.25) is 0 Å². The molecule has 0 atom stereocenters. The monoisotopic (exact) mass is 628 g/mol. The Morgan fingerprint density at radius 1 is 0.574 bits per heavy atom. The van der Waals surface area contributed by atoms with Crippen molar-refractivity contribution in [2.24, 2.45) is 4.99 Å². The van der Waals surface area contributed by atoms with Crippen molar-refractivity contribution in [2.45, 2.75) is 52.4 Å². The molecule has 0 aliphatic rings. The molecule has 3 heteroatoms. The number of aliphatic imine (C=N–C) groups is 1. The first-order valence-electron chi connectivity index (χ1n) is 16.3. The molecule has 0 unspecified atom stereocenters. The number of hydrogen-bond acceptors (Lipinski definition) is 3. The van der Waals surface area contributed by atoms with Gasteiger partial charge in [-0.15, -0.1) is 11.3 Å². The number of rotatable bonds is 5. The molecule has 47 heavy (non-hydrogen) atoms. The van der Waals surface area contributed by atoms with Crippen LogP contribution in [0.1, 0.15) is 58.2 Å². The molecule has 232 valence electrons. The van der Waals surface area contributed by atoms with E-state index in [1.54, 1.807) is 11.3 Å². The van der Waals surface area contributed by atoms with Crippen LogP contribution < -0.4 is 0 Å². The van der Waals surface area contributed by atoms with Crippen molar-refractivity contribution in [3.63, 3.8) is 0 Å². The molecular weight excluding hydrogens is 589 g/mol. The quantitative estimate of drug-likeness (QED) is 0.174. The summed E-state index contributed by atoms with van der Waals surface area (Å²) in [6.45, 7) is 13.6. The van der Waals surface area contributed by atoms with E-state index in [4.69, 9.17) is 9.98 Å². The molecule has 0 aliphatic carbocycles. The van der Waals surface area contributed by atoms with Gasteiger partial charge in [-0.25, -0.2) is 4.98 Å². The molecule has 0 radical (unpaired) electrons. The Balaban J connectivity index is 1.32. The van der Waals surface area contributed by atoms with Crippen LogP contribution in [0, 0.1) is 0 Å². The number of aromatic nitrogens is 1. The molecule has 6 aromatic carbocycles. The lowest BCUT2D eigenvalue weighted by Crippen LogP contribution is -2.11. The maximum Gasteiger partial charge on any atom is 0.126 e. The third-order valence-electron chi connectivity index (χ3n) is 8.92. The Bertz CT molecular complexity index is 2250. The van der Waals surface area contributed by atoms with Crippen LogP contribution in [0.25, 0.3) is 53.8 Å². The zero-order valence-corrected chi connectivity index (χ0v) is 28.8. The lowest BCUT2D eigenvalue weighted by molar-refractivity contribution is 0.590. The van der Waals surface area contributed by atoms with Crippen molar-refractivity contribution < 1.29 is 0 Å². The highest BCUT2D eigenvalue weighted by molar-refractivity contribution is 7.21. The first kappa shape index (κ1) is 30.8. The highest BCUT2D eigenvalue weighted by atomic mass is 32.1. The molecule has 1 aromatic heterocycles. The minimum atomic E-state index is -0.00581. The lowest BCUT2D eigenvalue weighted by atomic mass is 9.84. The summed E-state index contributed by atoms with van der Waals surface area (Å²) in [6.07, 6.45) is 1.98. The van der Waals surface area contributed by atoms with Gasteiger partial charge >= 0.3 is 0 Å². The summed E-state index contributed by atoms with van der Waals surface area (Å²) in [6, 6.07) is 45.7. The molecule has 7 rings (SSSR count). The fraction of sp³-hybridized carbons (Fsp3) is 0.182. The van der Waals surface area contributed by atoms with Crippen LogP contribution >= 0.6 is 11.3 Å². The van der Waals surface area contributed by atoms with Gasteiger partial charge in [0, 0.05) is 22.9 Å². The van der Waals surface area contributed by atoms with Crippen molar-refractivity contribution in [1.82, 2.24) is 4.98 Å². The zero-order valence-electron chi connectivity index (χ0n) is 28.0. The van der Waals surface area contributed by atoms with Gasteiger partial charge in [-0.2, -0.15) is 0 Å². The first-order chi connectivity index (χ1) is 22.5. The van der Waals surface area contributed by atoms with Crippen molar-refractivity contribution in [3.05, 3.63) is 144 Å². The van der Waals surface area contributed by atoms with Gasteiger partial charge in [-0.3, -0.25) is 4.99 Å². The Morgan fingerprint density at radius 2 is 1.26 bits per heavy atom. The fourth-order valence-electron chi connectivity index (χ4n) is 6.10. The Labute approximate surface area is 282 Å². The van der Waals surface area contributed by atoms with E-state index in [0.29, 0.717) is 0 Å². The molecule has 0 N–H and O–H groups in total. The normalized spacial score (nSPS) is 12.4. The predicted octanol–water partition coefficient (Wildman–Crippen LogP) is 12.8. The fourth-order valence-corrected chi connectivity index (χ4v) is 7.16. The summed E-state index contributed by atoms with van der Waals surface area (Å²) in [7, 11) is 0. The highest BCUT2D eigenvalue weighted by Gasteiger charge is 2.21. The topological polar surface area (TPSA) is 25.2 Å². The summed E-state index contributed by atoms with van der Waals surface area (Å²) in [5.74, 6) is 0. The van der Waals surface area contributed by atoms with E-state index in [0.717, 1.165) is 27.3 Å². The minimum Gasteiger partial charge on any atom is -0.256 e. The van der Waals surface area contributed by atoms with Crippen LogP contribution in [0.15, 0.2) is 132 Å². The number of fused-ring (bicyclic) bond motifs is 2. The van der Waals surface area contributed by atoms with Crippen LogP contribution in [0.4, 0.5) is 5.69 Å². The van der Waals surface area contributed by atoms with Gasteiger partial charge in [0.25, 0.3) is 0 Å². The van der Waals surface area contributed by atoms with Crippen LogP contribution in [-0.4, -0.2) is 11.2 Å². The Morgan fingerprint density at radius 3 is 2.04 bits per heavy atom. The lowest BCUT2D eigenvalue weighted by Gasteiger charge is -2.20. The van der Waals surface area contributed by atoms with E-state index in [1.807, 2.05) is 6.21 Å². The molecule has 0 aliphatic heterocycles. The number of thiazole rings is 1. The average molecular weight is 629 g/mol. The van der Waals surface area contributed by atoms with E-state index >= 15 is 0 Å². The standard InChI is InChI=1S/C44H40N2S/c1-43(2,3)34-23-21-29(22-24-34)31-15-12-16-32(25-31)38-26-35(44(4,5)6)27-40-41(38)46-42(47-40)37-19-9-10-20-39(37)45-28-33-17-11-14-30-13-7-8-18-36(30)33/h7-28H,1-6H3. The number of para-hydroxylation sites is 1. The van der Waals surface area contributed by atoms with Gasteiger partial charge in [0.05, 0.1) is 15.9 Å². The first-order valence-corrected chi connectivity index (χ1v) is 17.1. The maximum absolute atomic E-state index is 5.33. The summed E-state index contributed by atoms with van der Waals surface area (Å²) in [5, 5.41) is 3.39. The maximum atomic E-state index is 5.33. The van der Waals surface area contributed by atoms with E-state index in [2.05, 4.69) is 169 Å². The van der Waals surface area contributed by atoms with Gasteiger partial charge in [0.1, 0.15) is 5.01 Å². The van der Waals surface area contributed by atoms with Crippen LogP contribution in [0.2, 0.25) is 0 Å². The van der Waals surface area contributed by atoms with E-state index in [1.165, 1.54) is 48.9 Å². The number of nitrogens with zero attached hydrogens (tertiary/aromatic N) is 2. The zero-order chi connectivity index (χ0) is 32.8. The second kappa shape index (κ2) is 12.1.